The smallest absolute Gasteiger partial charge is 0.269 e. The molecule has 0 aliphatic carbocycles. The lowest BCUT2D eigenvalue weighted by atomic mass is 10.1. The van der Waals surface area contributed by atoms with E-state index >= 15 is 0 Å². The highest BCUT2D eigenvalue weighted by molar-refractivity contribution is 7.08. The number of carbonyl (C=O) groups excluding carboxylic acids is 1. The van der Waals surface area contributed by atoms with Crippen molar-refractivity contribution in [3.8, 4) is 0 Å². The minimum Gasteiger partial charge on any atom is -0.397 e. The van der Waals surface area contributed by atoms with Crippen LogP contribution in [-0.4, -0.2) is 15.5 Å². The highest BCUT2D eigenvalue weighted by Crippen LogP contribution is 2.24. The van der Waals surface area contributed by atoms with Gasteiger partial charge in [-0.05, 0) is 35.6 Å². The van der Waals surface area contributed by atoms with E-state index in [0.29, 0.717) is 16.3 Å². The van der Waals surface area contributed by atoms with Gasteiger partial charge in [0.15, 0.2) is 0 Å². The highest BCUT2D eigenvalue weighted by atomic mass is 32.1. The first-order valence-electron chi connectivity index (χ1n) is 5.67. The molecule has 0 unspecified atom stereocenters. The maximum Gasteiger partial charge on any atom is 0.269 e. The fourth-order valence-electron chi connectivity index (χ4n) is 1.55. The largest absolute Gasteiger partial charge is 0.397 e. The van der Waals surface area contributed by atoms with Gasteiger partial charge in [0.2, 0.25) is 0 Å². The van der Waals surface area contributed by atoms with Gasteiger partial charge in [0.05, 0.1) is 17.1 Å². The molecule has 0 atom stereocenters. The van der Waals surface area contributed by atoms with E-state index in [4.69, 9.17) is 5.73 Å². The van der Waals surface area contributed by atoms with Crippen LogP contribution in [0.2, 0.25) is 0 Å². The van der Waals surface area contributed by atoms with Gasteiger partial charge in [-0.25, -0.2) is 4.39 Å². The Bertz CT molecular complexity index is 612. The molecule has 0 fully saturated rings. The summed E-state index contributed by atoms with van der Waals surface area (Å²) in [5.41, 5.74) is 6.85. The molecule has 1 aromatic heterocycles. The number of halogens is 1. The quantitative estimate of drug-likeness (QED) is 0.847. The number of carbonyl (C=O) groups is 1. The fourth-order valence-corrected chi connectivity index (χ4v) is 2.26. The summed E-state index contributed by atoms with van der Waals surface area (Å²) in [5, 5.41) is 6.50. The molecular formula is C12H13FN4OS. The molecule has 100 valence electrons. The Balaban J connectivity index is 2.26. The Morgan fingerprint density at radius 1 is 1.47 bits per heavy atom. The molecule has 19 heavy (non-hydrogen) atoms. The summed E-state index contributed by atoms with van der Waals surface area (Å²) in [7, 11) is 0. The van der Waals surface area contributed by atoms with Gasteiger partial charge in [0.25, 0.3) is 5.91 Å². The van der Waals surface area contributed by atoms with Crippen LogP contribution in [0.15, 0.2) is 18.2 Å². The monoisotopic (exact) mass is 280 g/mol. The molecule has 2 rings (SSSR count). The summed E-state index contributed by atoms with van der Waals surface area (Å²) in [6, 6.07) is 3.81. The maximum absolute atomic E-state index is 13.1. The lowest BCUT2D eigenvalue weighted by Crippen LogP contribution is -2.14. The van der Waals surface area contributed by atoms with E-state index in [9.17, 15) is 9.18 Å². The highest BCUT2D eigenvalue weighted by Gasteiger charge is 2.19. The van der Waals surface area contributed by atoms with Gasteiger partial charge in [-0.3, -0.25) is 4.79 Å². The van der Waals surface area contributed by atoms with Crippen molar-refractivity contribution in [3.05, 3.63) is 34.6 Å². The molecule has 3 N–H and O–H groups in total. The number of hydrogen-bond donors (Lipinski definition) is 2. The Morgan fingerprint density at radius 3 is 2.89 bits per heavy atom. The van der Waals surface area contributed by atoms with Gasteiger partial charge in [0, 0.05) is 0 Å². The van der Waals surface area contributed by atoms with Gasteiger partial charge in [-0.2, -0.15) is 0 Å². The van der Waals surface area contributed by atoms with Gasteiger partial charge >= 0.3 is 0 Å². The summed E-state index contributed by atoms with van der Waals surface area (Å²) in [6.07, 6.45) is 0. The van der Waals surface area contributed by atoms with E-state index < -0.39 is 5.82 Å². The summed E-state index contributed by atoms with van der Waals surface area (Å²) < 4.78 is 16.9. The van der Waals surface area contributed by atoms with Gasteiger partial charge in [-0.15, -0.1) is 5.10 Å². The van der Waals surface area contributed by atoms with E-state index in [0.717, 1.165) is 11.5 Å². The summed E-state index contributed by atoms with van der Waals surface area (Å²) in [6.45, 7) is 3.84. The van der Waals surface area contributed by atoms with Crippen molar-refractivity contribution in [1.82, 2.24) is 9.59 Å². The molecule has 0 spiro atoms. The molecule has 0 aliphatic heterocycles. The van der Waals surface area contributed by atoms with Crippen molar-refractivity contribution in [2.75, 3.05) is 11.1 Å². The number of rotatable bonds is 3. The third kappa shape index (κ3) is 2.87. The molecule has 0 aliphatic rings. The first-order chi connectivity index (χ1) is 8.99. The zero-order chi connectivity index (χ0) is 14.0. The molecule has 7 heteroatoms. The van der Waals surface area contributed by atoms with Crippen molar-refractivity contribution in [1.29, 1.82) is 0 Å². The SMILES string of the molecule is CC(C)c1nnsc1C(=O)Nc1cc(F)ccc1N. The maximum atomic E-state index is 13.1. The zero-order valence-corrected chi connectivity index (χ0v) is 11.3. The molecule has 0 saturated heterocycles. The second-order valence-electron chi connectivity index (χ2n) is 4.33. The molecule has 5 nitrogen and oxygen atoms in total. The molecule has 1 heterocycles. The third-order valence-corrected chi connectivity index (χ3v) is 3.27. The number of hydrogen-bond acceptors (Lipinski definition) is 5. The lowest BCUT2D eigenvalue weighted by molar-refractivity contribution is 0.102. The van der Waals surface area contributed by atoms with Crippen LogP contribution in [0, 0.1) is 5.82 Å². The van der Waals surface area contributed by atoms with Crippen LogP contribution >= 0.6 is 11.5 Å². The van der Waals surface area contributed by atoms with Gasteiger partial charge in [0.1, 0.15) is 10.7 Å². The van der Waals surface area contributed by atoms with Crippen LogP contribution in [0.1, 0.15) is 35.1 Å². The van der Waals surface area contributed by atoms with Crippen LogP contribution in [0.25, 0.3) is 0 Å². The first kappa shape index (κ1) is 13.4. The van der Waals surface area contributed by atoms with Crippen LogP contribution < -0.4 is 11.1 Å². The number of nitrogens with two attached hydrogens (primary N) is 1. The van der Waals surface area contributed by atoms with Gasteiger partial charge < -0.3 is 11.1 Å². The molecule has 1 aromatic carbocycles. The molecule has 2 aromatic rings. The van der Waals surface area contributed by atoms with Crippen LogP contribution in [0.4, 0.5) is 15.8 Å². The molecular weight excluding hydrogens is 267 g/mol. The number of amides is 1. The number of nitrogens with one attached hydrogen (secondary N) is 1. The van der Waals surface area contributed by atoms with Crippen molar-refractivity contribution in [3.63, 3.8) is 0 Å². The minimum absolute atomic E-state index is 0.0874. The van der Waals surface area contributed by atoms with E-state index in [-0.39, 0.29) is 17.5 Å². The van der Waals surface area contributed by atoms with E-state index in [2.05, 4.69) is 14.9 Å². The average Bonchev–Trinajstić information content (AvgIpc) is 2.83. The van der Waals surface area contributed by atoms with E-state index in [1.165, 1.54) is 18.2 Å². The lowest BCUT2D eigenvalue weighted by Gasteiger charge is -2.08. The van der Waals surface area contributed by atoms with E-state index in [1.54, 1.807) is 0 Å². The molecule has 0 radical (unpaired) electrons. The Morgan fingerprint density at radius 2 is 2.21 bits per heavy atom. The molecule has 0 bridgehead atoms. The standard InChI is InChI=1S/C12H13FN4OS/c1-6(2)10-11(19-17-16-10)12(18)15-9-5-7(13)3-4-8(9)14/h3-6H,14H2,1-2H3,(H,15,18). The zero-order valence-electron chi connectivity index (χ0n) is 10.5. The number of benzene rings is 1. The Hall–Kier alpha value is -2.02. The molecule has 0 saturated carbocycles. The average molecular weight is 280 g/mol. The third-order valence-electron chi connectivity index (χ3n) is 2.53. The normalized spacial score (nSPS) is 10.7. The number of aromatic nitrogens is 2. The summed E-state index contributed by atoms with van der Waals surface area (Å²) in [4.78, 5) is 12.5. The van der Waals surface area contributed by atoms with Crippen molar-refractivity contribution < 1.29 is 9.18 Å². The Kier molecular flexibility index (Phi) is 3.75. The molecule has 1 amide bonds. The first-order valence-corrected chi connectivity index (χ1v) is 6.45. The van der Waals surface area contributed by atoms with Gasteiger partial charge in [-0.1, -0.05) is 18.3 Å². The predicted molar refractivity (Wildman–Crippen MR) is 72.8 cm³/mol. The number of nitrogens with zero attached hydrogens (tertiary/aromatic N) is 2. The van der Waals surface area contributed by atoms with E-state index in [1.807, 2.05) is 13.8 Å². The topological polar surface area (TPSA) is 80.9 Å². The number of nitrogen functional groups attached to an aromatic ring is 1. The number of anilines is 2. The minimum atomic E-state index is -0.462. The van der Waals surface area contributed by atoms with Crippen LogP contribution in [0.5, 0.6) is 0 Å². The fraction of sp³-hybridized carbons (Fsp3) is 0.250. The van der Waals surface area contributed by atoms with Crippen molar-refractivity contribution >= 4 is 28.8 Å². The summed E-state index contributed by atoms with van der Waals surface area (Å²) in [5.74, 6) is -0.753. The van der Waals surface area contributed by atoms with Crippen LogP contribution in [0.3, 0.4) is 0 Å². The predicted octanol–water partition coefficient (Wildman–Crippen LogP) is 2.64. The Labute approximate surface area is 113 Å². The second kappa shape index (κ2) is 5.31. The second-order valence-corrected chi connectivity index (χ2v) is 5.08. The van der Waals surface area contributed by atoms with Crippen molar-refractivity contribution in [2.45, 2.75) is 19.8 Å². The van der Waals surface area contributed by atoms with Crippen molar-refractivity contribution in [2.24, 2.45) is 0 Å². The summed E-state index contributed by atoms with van der Waals surface area (Å²) >= 11 is 1.01. The van der Waals surface area contributed by atoms with Crippen LogP contribution in [-0.2, 0) is 0 Å².